The van der Waals surface area contributed by atoms with E-state index in [2.05, 4.69) is 196 Å². The highest BCUT2D eigenvalue weighted by Crippen LogP contribution is 2.53. The number of anilines is 3. The number of hydrogen-bond acceptors (Lipinski definition) is 2. The topological polar surface area (TPSA) is 16.4 Å². The monoisotopic (exact) mass is 719 g/mol. The molecule has 0 saturated heterocycles. The van der Waals surface area contributed by atoms with Crippen LogP contribution in [0.25, 0.3) is 66.4 Å². The molecule has 0 radical (unpaired) electrons. The van der Waals surface area contributed by atoms with Crippen LogP contribution in [0.3, 0.4) is 0 Å². The lowest BCUT2D eigenvalue weighted by atomic mass is 9.79. The number of hydrogen-bond donors (Lipinski definition) is 0. The smallest absolute Gasteiger partial charge is 0.136 e. The summed E-state index contributed by atoms with van der Waals surface area (Å²) in [5.41, 5.74) is 20.7. The maximum absolute atomic E-state index is 6.25. The summed E-state index contributed by atoms with van der Waals surface area (Å²) < 4.78 is 6.25. The second-order valence-electron chi connectivity index (χ2n) is 16.5. The lowest BCUT2D eigenvalue weighted by molar-refractivity contribution is 0.660. The van der Waals surface area contributed by atoms with E-state index in [1.54, 1.807) is 0 Å². The molecule has 0 fully saturated rings. The zero-order valence-electron chi connectivity index (χ0n) is 32.1. The molecule has 0 unspecified atom stereocenters. The van der Waals surface area contributed by atoms with Crippen LogP contribution in [0.4, 0.5) is 17.1 Å². The molecule has 268 valence electrons. The van der Waals surface area contributed by atoms with Crippen LogP contribution in [0, 0.1) is 0 Å². The molecule has 9 aromatic rings. The van der Waals surface area contributed by atoms with E-state index in [9.17, 15) is 0 Å². The normalized spacial score (nSPS) is 14.4. The Morgan fingerprint density at radius 2 is 0.893 bits per heavy atom. The van der Waals surface area contributed by atoms with Crippen molar-refractivity contribution in [3.8, 4) is 44.5 Å². The van der Waals surface area contributed by atoms with Crippen molar-refractivity contribution in [2.75, 3.05) is 4.90 Å². The standard InChI is InChI=1S/C54H41NO/c1-53(2)47-17-8-5-12-41(47)43-31-29-39(33-49(43)53)55(37-25-20-34(21-26-37)36-24-30-45-44-14-7-10-19-50(44)56-51(45)32-36)38-27-22-35(23-28-38)40-15-11-16-46-42-13-6-9-18-48(42)54(3,4)52(40)46/h5-33H,1-4H3. The number of fused-ring (bicyclic) bond motifs is 9. The van der Waals surface area contributed by atoms with Crippen LogP contribution in [-0.2, 0) is 10.8 Å². The zero-order chi connectivity index (χ0) is 37.8. The summed E-state index contributed by atoms with van der Waals surface area (Å²) in [6, 6.07) is 64.6. The minimum absolute atomic E-state index is 0.0846. The van der Waals surface area contributed by atoms with Crippen molar-refractivity contribution >= 4 is 39.0 Å². The third-order valence-corrected chi connectivity index (χ3v) is 12.7. The van der Waals surface area contributed by atoms with Crippen molar-refractivity contribution in [1.29, 1.82) is 0 Å². The zero-order valence-corrected chi connectivity index (χ0v) is 32.1. The number of benzene rings is 8. The Labute approximate surface area is 328 Å². The fraction of sp³-hybridized carbons (Fsp3) is 0.111. The molecular formula is C54H41NO. The second-order valence-corrected chi connectivity index (χ2v) is 16.5. The molecule has 0 bridgehead atoms. The van der Waals surface area contributed by atoms with Gasteiger partial charge in [-0.15, -0.1) is 0 Å². The summed E-state index contributed by atoms with van der Waals surface area (Å²) in [6.45, 7) is 9.44. The molecule has 2 aliphatic rings. The van der Waals surface area contributed by atoms with E-state index >= 15 is 0 Å². The Balaban J connectivity index is 1.01. The molecule has 0 saturated carbocycles. The molecule has 8 aromatic carbocycles. The summed E-state index contributed by atoms with van der Waals surface area (Å²) in [5, 5.41) is 2.29. The van der Waals surface area contributed by atoms with E-state index in [1.165, 1.54) is 55.6 Å². The third-order valence-electron chi connectivity index (χ3n) is 12.7. The van der Waals surface area contributed by atoms with Crippen LogP contribution in [0.2, 0.25) is 0 Å². The van der Waals surface area contributed by atoms with E-state index in [-0.39, 0.29) is 10.8 Å². The molecule has 11 rings (SSSR count). The van der Waals surface area contributed by atoms with Crippen molar-refractivity contribution in [1.82, 2.24) is 0 Å². The Morgan fingerprint density at radius 3 is 1.64 bits per heavy atom. The molecule has 2 nitrogen and oxygen atoms in total. The second kappa shape index (κ2) is 11.9. The molecular weight excluding hydrogens is 679 g/mol. The molecule has 1 aromatic heterocycles. The van der Waals surface area contributed by atoms with Gasteiger partial charge in [-0.2, -0.15) is 0 Å². The van der Waals surface area contributed by atoms with Gasteiger partial charge < -0.3 is 9.32 Å². The maximum Gasteiger partial charge on any atom is 0.136 e. The van der Waals surface area contributed by atoms with E-state index in [1.807, 2.05) is 12.1 Å². The molecule has 2 heteroatoms. The van der Waals surface area contributed by atoms with Crippen LogP contribution in [-0.4, -0.2) is 0 Å². The summed E-state index contributed by atoms with van der Waals surface area (Å²) in [5.74, 6) is 0. The number of nitrogens with zero attached hydrogens (tertiary/aromatic N) is 1. The Bertz CT molecular complexity index is 3010. The summed E-state index contributed by atoms with van der Waals surface area (Å²) in [6.07, 6.45) is 0. The van der Waals surface area contributed by atoms with E-state index in [0.717, 1.165) is 50.1 Å². The van der Waals surface area contributed by atoms with Gasteiger partial charge in [0.1, 0.15) is 11.2 Å². The highest BCUT2D eigenvalue weighted by molar-refractivity contribution is 6.06. The quantitative estimate of drug-likeness (QED) is 0.176. The highest BCUT2D eigenvalue weighted by atomic mass is 16.3. The van der Waals surface area contributed by atoms with Crippen LogP contribution < -0.4 is 4.90 Å². The fourth-order valence-electron chi connectivity index (χ4n) is 9.87. The first-order valence-corrected chi connectivity index (χ1v) is 19.7. The molecule has 0 N–H and O–H groups in total. The van der Waals surface area contributed by atoms with Crippen molar-refractivity contribution in [2.24, 2.45) is 0 Å². The Hall–Kier alpha value is -6.64. The van der Waals surface area contributed by atoms with Crippen molar-refractivity contribution in [3.63, 3.8) is 0 Å². The van der Waals surface area contributed by atoms with Crippen molar-refractivity contribution < 1.29 is 4.42 Å². The van der Waals surface area contributed by atoms with Crippen LogP contribution >= 0.6 is 0 Å². The van der Waals surface area contributed by atoms with Gasteiger partial charge in [0, 0.05) is 38.7 Å². The van der Waals surface area contributed by atoms with Gasteiger partial charge in [-0.3, -0.25) is 0 Å². The van der Waals surface area contributed by atoms with Crippen molar-refractivity contribution in [2.45, 2.75) is 38.5 Å². The van der Waals surface area contributed by atoms with Gasteiger partial charge in [-0.1, -0.05) is 149 Å². The number of para-hydroxylation sites is 1. The average molecular weight is 720 g/mol. The lowest BCUT2D eigenvalue weighted by Crippen LogP contribution is -2.16. The maximum atomic E-state index is 6.25. The van der Waals surface area contributed by atoms with Gasteiger partial charge in [0.05, 0.1) is 0 Å². The van der Waals surface area contributed by atoms with E-state index in [0.29, 0.717) is 0 Å². The number of rotatable bonds is 5. The van der Waals surface area contributed by atoms with Crippen LogP contribution in [0.15, 0.2) is 180 Å². The molecule has 0 aliphatic heterocycles. The summed E-state index contributed by atoms with van der Waals surface area (Å²) in [7, 11) is 0. The van der Waals surface area contributed by atoms with E-state index < -0.39 is 0 Å². The summed E-state index contributed by atoms with van der Waals surface area (Å²) in [4.78, 5) is 2.41. The molecule has 2 aliphatic carbocycles. The molecule has 0 spiro atoms. The Morgan fingerprint density at radius 1 is 0.357 bits per heavy atom. The molecule has 0 atom stereocenters. The molecule has 0 amide bonds. The SMILES string of the molecule is CC1(C)c2ccccc2-c2ccc(N(c3ccc(-c4ccc5c(c4)oc4ccccc45)cc3)c3ccc(-c4cccc5c4C(C)(C)c4ccccc4-5)cc3)cc21. The predicted octanol–water partition coefficient (Wildman–Crippen LogP) is 15.0. The molecule has 56 heavy (non-hydrogen) atoms. The Kier molecular flexibility index (Phi) is 6.98. The van der Waals surface area contributed by atoms with Gasteiger partial charge in [0.2, 0.25) is 0 Å². The molecule has 1 heterocycles. The van der Waals surface area contributed by atoms with E-state index in [4.69, 9.17) is 4.42 Å². The van der Waals surface area contributed by atoms with Gasteiger partial charge in [0.25, 0.3) is 0 Å². The van der Waals surface area contributed by atoms with Gasteiger partial charge in [0.15, 0.2) is 0 Å². The van der Waals surface area contributed by atoms with Gasteiger partial charge in [-0.25, -0.2) is 0 Å². The number of furan rings is 1. The average Bonchev–Trinajstić information content (AvgIpc) is 3.81. The predicted molar refractivity (Wildman–Crippen MR) is 234 cm³/mol. The fourth-order valence-corrected chi connectivity index (χ4v) is 9.87. The van der Waals surface area contributed by atoms with Crippen LogP contribution in [0.5, 0.6) is 0 Å². The van der Waals surface area contributed by atoms with Crippen molar-refractivity contribution in [3.05, 3.63) is 198 Å². The first-order valence-electron chi connectivity index (χ1n) is 19.7. The largest absolute Gasteiger partial charge is 0.456 e. The lowest BCUT2D eigenvalue weighted by Gasteiger charge is -2.29. The van der Waals surface area contributed by atoms with Gasteiger partial charge in [-0.05, 0) is 121 Å². The third kappa shape index (κ3) is 4.75. The first kappa shape index (κ1) is 32.8. The first-order chi connectivity index (χ1) is 27.3. The van der Waals surface area contributed by atoms with Crippen LogP contribution in [0.1, 0.15) is 49.9 Å². The minimum Gasteiger partial charge on any atom is -0.456 e. The van der Waals surface area contributed by atoms with Gasteiger partial charge >= 0.3 is 0 Å². The minimum atomic E-state index is -0.102. The summed E-state index contributed by atoms with van der Waals surface area (Å²) >= 11 is 0. The highest BCUT2D eigenvalue weighted by Gasteiger charge is 2.38.